The van der Waals surface area contributed by atoms with Gasteiger partial charge in [0.1, 0.15) is 12.0 Å². The quantitative estimate of drug-likeness (QED) is 0.528. The molecule has 0 spiro atoms. The average Bonchev–Trinajstić information content (AvgIpc) is 2.14. The summed E-state index contributed by atoms with van der Waals surface area (Å²) in [5.74, 6) is 0.131. The lowest BCUT2D eigenvalue weighted by atomic mass is 9.98. The van der Waals surface area contributed by atoms with Crippen LogP contribution in [-0.2, 0) is 14.4 Å². The fourth-order valence-corrected chi connectivity index (χ4v) is 1.10. The van der Waals surface area contributed by atoms with Crippen LogP contribution in [0.5, 0.6) is 0 Å². The molecule has 0 aliphatic rings. The fourth-order valence-electron chi connectivity index (χ4n) is 1.10. The minimum absolute atomic E-state index is 0.433. The van der Waals surface area contributed by atoms with Gasteiger partial charge in [0, 0.05) is 12.0 Å². The zero-order chi connectivity index (χ0) is 12.8. The second kappa shape index (κ2) is 6.43. The van der Waals surface area contributed by atoms with Gasteiger partial charge in [0.05, 0.1) is 5.60 Å². The summed E-state index contributed by atoms with van der Waals surface area (Å²) in [6, 6.07) is -0.939. The summed E-state index contributed by atoms with van der Waals surface area (Å²) >= 11 is 0. The van der Waals surface area contributed by atoms with Gasteiger partial charge in [0.2, 0.25) is 0 Å². The predicted molar refractivity (Wildman–Crippen MR) is 59.4 cm³/mol. The van der Waals surface area contributed by atoms with E-state index < -0.39 is 23.5 Å². The summed E-state index contributed by atoms with van der Waals surface area (Å²) < 4.78 is 0. The molecule has 0 aromatic rings. The van der Waals surface area contributed by atoms with Crippen molar-refractivity contribution in [1.29, 1.82) is 0 Å². The van der Waals surface area contributed by atoms with Gasteiger partial charge in [0.15, 0.2) is 0 Å². The number of rotatable bonds is 6. The molecule has 16 heavy (non-hydrogen) atoms. The topological polar surface area (TPSA) is 75.6 Å². The van der Waals surface area contributed by atoms with E-state index in [0.717, 1.165) is 0 Å². The zero-order valence-electron chi connectivity index (χ0n) is 10.1. The molecule has 0 radical (unpaired) electrons. The maximum atomic E-state index is 11.0. The van der Waals surface area contributed by atoms with Crippen LogP contribution in [0.4, 0.5) is 0 Å². The molecule has 0 aliphatic heterocycles. The van der Waals surface area contributed by atoms with Gasteiger partial charge in [-0.15, -0.1) is 0 Å². The van der Waals surface area contributed by atoms with E-state index in [9.17, 15) is 9.59 Å². The van der Waals surface area contributed by atoms with Gasteiger partial charge in [-0.2, -0.15) is 5.48 Å². The Labute approximate surface area is 95.4 Å². The highest BCUT2D eigenvalue weighted by molar-refractivity contribution is 5.74. The van der Waals surface area contributed by atoms with Crippen LogP contribution < -0.4 is 5.48 Å². The standard InChI is InChI=1S/C11H19NO4/c1-5-8(6-7-13)9(10(14)15)12-16-11(2,3)4/h6,8-9,12H,5H2,1-4H3,(H,14,15)/t8-,9+/m1/s1. The molecule has 92 valence electrons. The number of hydrogen-bond acceptors (Lipinski definition) is 4. The average molecular weight is 229 g/mol. The van der Waals surface area contributed by atoms with Crippen molar-refractivity contribution in [2.75, 3.05) is 0 Å². The molecule has 0 amide bonds. The van der Waals surface area contributed by atoms with Crippen molar-refractivity contribution >= 4 is 11.9 Å². The number of hydroxylamine groups is 1. The van der Waals surface area contributed by atoms with E-state index in [1.54, 1.807) is 33.6 Å². The van der Waals surface area contributed by atoms with Gasteiger partial charge in [-0.1, -0.05) is 6.92 Å². The number of carbonyl (C=O) groups excluding carboxylic acids is 1. The maximum Gasteiger partial charge on any atom is 0.323 e. The molecule has 5 heteroatoms. The van der Waals surface area contributed by atoms with Crippen molar-refractivity contribution < 1.29 is 19.5 Å². The minimum Gasteiger partial charge on any atom is -0.480 e. The van der Waals surface area contributed by atoms with E-state index in [2.05, 4.69) is 5.48 Å². The molecule has 2 atom stereocenters. The summed E-state index contributed by atoms with van der Waals surface area (Å²) in [5.41, 5.74) is 2.00. The van der Waals surface area contributed by atoms with Crippen LogP contribution in [0.15, 0.2) is 6.08 Å². The molecule has 0 aromatic carbocycles. The Kier molecular flexibility index (Phi) is 5.96. The molecule has 5 nitrogen and oxygen atoms in total. The number of carboxylic acid groups (broad SMARTS) is 1. The van der Waals surface area contributed by atoms with Gasteiger partial charge in [0.25, 0.3) is 0 Å². The lowest BCUT2D eigenvalue weighted by Crippen LogP contribution is -2.45. The van der Waals surface area contributed by atoms with E-state index in [-0.39, 0.29) is 0 Å². The summed E-state index contributed by atoms with van der Waals surface area (Å²) in [6.45, 7) is 7.20. The molecule has 0 heterocycles. The Morgan fingerprint density at radius 2 is 2.12 bits per heavy atom. The first-order chi connectivity index (χ1) is 7.31. The van der Waals surface area contributed by atoms with Crippen molar-refractivity contribution in [1.82, 2.24) is 5.48 Å². The van der Waals surface area contributed by atoms with E-state index in [1.165, 1.54) is 6.08 Å². The fraction of sp³-hybridized carbons (Fsp3) is 0.727. The van der Waals surface area contributed by atoms with Crippen molar-refractivity contribution in [2.45, 2.75) is 45.8 Å². The van der Waals surface area contributed by atoms with E-state index in [0.29, 0.717) is 6.42 Å². The summed E-state index contributed by atoms with van der Waals surface area (Å²) in [6.07, 6.45) is 1.73. The number of carboxylic acids is 1. The third-order valence-electron chi connectivity index (χ3n) is 1.94. The van der Waals surface area contributed by atoms with Gasteiger partial charge in [-0.05, 0) is 27.2 Å². The SMILES string of the molecule is CC[C@H](C=C=O)[C@H](NOC(C)(C)C)C(=O)O. The molecule has 0 rings (SSSR count). The Morgan fingerprint density at radius 1 is 1.56 bits per heavy atom. The van der Waals surface area contributed by atoms with Crippen LogP contribution >= 0.6 is 0 Å². The first-order valence-corrected chi connectivity index (χ1v) is 5.19. The number of aliphatic carboxylic acids is 1. The van der Waals surface area contributed by atoms with Crippen LogP contribution in [-0.4, -0.2) is 28.7 Å². The highest BCUT2D eigenvalue weighted by Gasteiger charge is 2.27. The zero-order valence-corrected chi connectivity index (χ0v) is 10.1. The second-order valence-electron chi connectivity index (χ2n) is 4.50. The molecule has 0 bridgehead atoms. The number of hydrogen-bond donors (Lipinski definition) is 2. The Morgan fingerprint density at radius 3 is 2.44 bits per heavy atom. The molecule has 0 fully saturated rings. The van der Waals surface area contributed by atoms with Crippen molar-refractivity contribution in [3.8, 4) is 0 Å². The second-order valence-corrected chi connectivity index (χ2v) is 4.50. The minimum atomic E-state index is -1.05. The smallest absolute Gasteiger partial charge is 0.323 e. The molecule has 0 saturated carbocycles. The predicted octanol–water partition coefficient (Wildman–Crippen LogP) is 1.17. The highest BCUT2D eigenvalue weighted by atomic mass is 16.7. The summed E-state index contributed by atoms with van der Waals surface area (Å²) in [4.78, 5) is 26.5. The van der Waals surface area contributed by atoms with Crippen LogP contribution in [0.3, 0.4) is 0 Å². The summed E-state index contributed by atoms with van der Waals surface area (Å²) in [5, 5.41) is 9.01. The Balaban J connectivity index is 4.60. The lowest BCUT2D eigenvalue weighted by molar-refractivity contribution is -0.152. The van der Waals surface area contributed by atoms with Crippen LogP contribution in [0, 0.1) is 5.92 Å². The van der Waals surface area contributed by atoms with E-state index >= 15 is 0 Å². The maximum absolute atomic E-state index is 11.0. The van der Waals surface area contributed by atoms with Gasteiger partial charge in [-0.25, -0.2) is 4.79 Å². The lowest BCUT2D eigenvalue weighted by Gasteiger charge is -2.25. The van der Waals surface area contributed by atoms with Crippen LogP contribution in [0.25, 0.3) is 0 Å². The monoisotopic (exact) mass is 229 g/mol. The molecule has 0 saturated heterocycles. The van der Waals surface area contributed by atoms with Crippen LogP contribution in [0.2, 0.25) is 0 Å². The molecule has 2 N–H and O–H groups in total. The van der Waals surface area contributed by atoms with Crippen molar-refractivity contribution in [2.24, 2.45) is 5.92 Å². The molecule has 0 unspecified atom stereocenters. The van der Waals surface area contributed by atoms with Crippen molar-refractivity contribution in [3.05, 3.63) is 6.08 Å². The largest absolute Gasteiger partial charge is 0.480 e. The van der Waals surface area contributed by atoms with Crippen LogP contribution in [0.1, 0.15) is 34.1 Å². The molecular weight excluding hydrogens is 210 g/mol. The van der Waals surface area contributed by atoms with Gasteiger partial charge >= 0.3 is 5.97 Å². The number of nitrogens with one attached hydrogen (secondary N) is 1. The summed E-state index contributed by atoms with van der Waals surface area (Å²) in [7, 11) is 0. The first-order valence-electron chi connectivity index (χ1n) is 5.19. The third kappa shape index (κ3) is 5.66. The molecule has 0 aromatic heterocycles. The molecule has 0 aliphatic carbocycles. The number of carbonyl (C=O) groups is 1. The van der Waals surface area contributed by atoms with Gasteiger partial charge in [-0.3, -0.25) is 9.63 Å². The van der Waals surface area contributed by atoms with E-state index in [1.807, 2.05) is 0 Å². The van der Waals surface area contributed by atoms with Crippen molar-refractivity contribution in [3.63, 3.8) is 0 Å². The van der Waals surface area contributed by atoms with E-state index in [4.69, 9.17) is 9.94 Å². The first kappa shape index (κ1) is 14.8. The molecular formula is C11H19NO4. The third-order valence-corrected chi connectivity index (χ3v) is 1.94. The Bertz CT molecular complexity index is 276. The Hall–Kier alpha value is -1.16. The highest BCUT2D eigenvalue weighted by Crippen LogP contribution is 2.12. The normalized spacial score (nSPS) is 15.0. The van der Waals surface area contributed by atoms with Gasteiger partial charge < -0.3 is 5.11 Å².